The maximum absolute atomic E-state index is 13.6. The fourth-order valence-corrected chi connectivity index (χ4v) is 2.51. The Kier molecular flexibility index (Phi) is 4.61. The van der Waals surface area contributed by atoms with Crippen molar-refractivity contribution in [2.24, 2.45) is 11.7 Å². The summed E-state index contributed by atoms with van der Waals surface area (Å²) in [5.41, 5.74) is 5.35. The minimum atomic E-state index is -0.643. The summed E-state index contributed by atoms with van der Waals surface area (Å²) in [5, 5.41) is 0. The van der Waals surface area contributed by atoms with Gasteiger partial charge in [-0.1, -0.05) is 0 Å². The largest absolute Gasteiger partial charge is 0.329 e. The molecule has 0 saturated carbocycles. The first-order valence-corrected chi connectivity index (χ1v) is 6.53. The third-order valence-electron chi connectivity index (χ3n) is 3.60. The molecule has 1 heterocycles. The highest BCUT2D eigenvalue weighted by Crippen LogP contribution is 2.23. The van der Waals surface area contributed by atoms with Gasteiger partial charge in [-0.3, -0.25) is 4.79 Å². The zero-order valence-corrected chi connectivity index (χ0v) is 10.7. The maximum atomic E-state index is 13.6. The number of nitrogens with two attached hydrogens (primary N) is 1. The standard InChI is InChI=1S/C14H18F2N2O/c15-11-1-2-13(16)12(9-11)14(19)10-3-6-18(7-4-10)8-5-17/h1-2,9-10H,3-8,17H2. The van der Waals surface area contributed by atoms with E-state index in [-0.39, 0.29) is 17.3 Å². The summed E-state index contributed by atoms with van der Waals surface area (Å²) < 4.78 is 26.7. The molecule has 1 aromatic carbocycles. The van der Waals surface area contributed by atoms with Gasteiger partial charge in [-0.25, -0.2) is 8.78 Å². The number of halogens is 2. The van der Waals surface area contributed by atoms with E-state index in [1.807, 2.05) is 0 Å². The molecule has 3 nitrogen and oxygen atoms in total. The van der Waals surface area contributed by atoms with Gasteiger partial charge in [-0.05, 0) is 44.1 Å². The molecule has 1 saturated heterocycles. The lowest BCUT2D eigenvalue weighted by Gasteiger charge is -2.30. The van der Waals surface area contributed by atoms with Crippen molar-refractivity contribution in [3.8, 4) is 0 Å². The number of hydrogen-bond donors (Lipinski definition) is 1. The molecule has 5 heteroatoms. The van der Waals surface area contributed by atoms with Crippen molar-refractivity contribution in [2.75, 3.05) is 26.2 Å². The molecule has 0 spiro atoms. The van der Waals surface area contributed by atoms with E-state index in [9.17, 15) is 13.6 Å². The van der Waals surface area contributed by atoms with E-state index < -0.39 is 11.6 Å². The molecule has 0 atom stereocenters. The first-order valence-electron chi connectivity index (χ1n) is 6.53. The van der Waals surface area contributed by atoms with Gasteiger partial charge in [0.2, 0.25) is 0 Å². The summed E-state index contributed by atoms with van der Waals surface area (Å²) in [6.07, 6.45) is 1.35. The number of hydrogen-bond acceptors (Lipinski definition) is 3. The molecule has 2 N–H and O–H groups in total. The van der Waals surface area contributed by atoms with Crippen LogP contribution in [0.15, 0.2) is 18.2 Å². The van der Waals surface area contributed by atoms with Crippen LogP contribution < -0.4 is 5.73 Å². The van der Waals surface area contributed by atoms with Gasteiger partial charge >= 0.3 is 0 Å². The molecule has 19 heavy (non-hydrogen) atoms. The van der Waals surface area contributed by atoms with Crippen molar-refractivity contribution in [3.63, 3.8) is 0 Å². The predicted molar refractivity (Wildman–Crippen MR) is 68.9 cm³/mol. The number of ketones is 1. The minimum Gasteiger partial charge on any atom is -0.329 e. The van der Waals surface area contributed by atoms with Gasteiger partial charge in [0.15, 0.2) is 5.78 Å². The molecule has 1 fully saturated rings. The highest BCUT2D eigenvalue weighted by atomic mass is 19.1. The zero-order valence-electron chi connectivity index (χ0n) is 10.7. The van der Waals surface area contributed by atoms with Crippen LogP contribution in [0.4, 0.5) is 8.78 Å². The Balaban J connectivity index is 2.03. The topological polar surface area (TPSA) is 46.3 Å². The average Bonchev–Trinajstić information content (AvgIpc) is 2.42. The summed E-state index contributed by atoms with van der Waals surface area (Å²) >= 11 is 0. The maximum Gasteiger partial charge on any atom is 0.169 e. The summed E-state index contributed by atoms with van der Waals surface area (Å²) in [7, 11) is 0. The third kappa shape index (κ3) is 3.36. The molecule has 0 aromatic heterocycles. The number of Topliss-reactive ketones (excluding diaryl/α,β-unsaturated/α-hetero) is 1. The molecule has 1 aromatic rings. The summed E-state index contributed by atoms with van der Waals surface area (Å²) in [6.45, 7) is 2.97. The van der Waals surface area contributed by atoms with Crippen LogP contribution in [0, 0.1) is 17.6 Å². The Bertz CT molecular complexity index is 457. The molecule has 1 aliphatic rings. The van der Waals surface area contributed by atoms with Gasteiger partial charge < -0.3 is 10.6 Å². The lowest BCUT2D eigenvalue weighted by Crippen LogP contribution is -2.39. The highest BCUT2D eigenvalue weighted by molar-refractivity contribution is 5.98. The smallest absolute Gasteiger partial charge is 0.169 e. The predicted octanol–water partition coefficient (Wildman–Crippen LogP) is 1.82. The number of carbonyl (C=O) groups is 1. The molecule has 0 aliphatic carbocycles. The van der Waals surface area contributed by atoms with Crippen LogP contribution in [0.5, 0.6) is 0 Å². The number of likely N-dealkylation sites (tertiary alicyclic amines) is 1. The zero-order chi connectivity index (χ0) is 13.8. The number of carbonyl (C=O) groups excluding carboxylic acids is 1. The van der Waals surface area contributed by atoms with Gasteiger partial charge in [-0.2, -0.15) is 0 Å². The summed E-state index contributed by atoms with van der Waals surface area (Å²) in [5.74, 6) is -1.73. The van der Waals surface area contributed by atoms with Crippen LogP contribution in [-0.4, -0.2) is 36.9 Å². The van der Waals surface area contributed by atoms with Crippen LogP contribution in [0.2, 0.25) is 0 Å². The van der Waals surface area contributed by atoms with Crippen LogP contribution in [0.25, 0.3) is 0 Å². The highest BCUT2D eigenvalue weighted by Gasteiger charge is 2.27. The van der Waals surface area contributed by atoms with Gasteiger partial charge in [0, 0.05) is 19.0 Å². The Morgan fingerprint density at radius 3 is 2.63 bits per heavy atom. The van der Waals surface area contributed by atoms with Gasteiger partial charge in [-0.15, -0.1) is 0 Å². The fraction of sp³-hybridized carbons (Fsp3) is 0.500. The monoisotopic (exact) mass is 268 g/mol. The van der Waals surface area contributed by atoms with E-state index in [2.05, 4.69) is 4.90 Å². The van der Waals surface area contributed by atoms with Crippen LogP contribution >= 0.6 is 0 Å². The van der Waals surface area contributed by atoms with E-state index in [4.69, 9.17) is 5.73 Å². The van der Waals surface area contributed by atoms with Crippen molar-refractivity contribution >= 4 is 5.78 Å². The SMILES string of the molecule is NCCN1CCC(C(=O)c2cc(F)ccc2F)CC1. The van der Waals surface area contributed by atoms with Crippen LogP contribution in [0.3, 0.4) is 0 Å². The Morgan fingerprint density at radius 1 is 1.32 bits per heavy atom. The summed E-state index contributed by atoms with van der Waals surface area (Å²) in [4.78, 5) is 14.4. The van der Waals surface area contributed by atoms with Crippen molar-refractivity contribution < 1.29 is 13.6 Å². The quantitative estimate of drug-likeness (QED) is 0.847. The Hall–Kier alpha value is -1.33. The molecule has 0 amide bonds. The van der Waals surface area contributed by atoms with Crippen molar-refractivity contribution in [3.05, 3.63) is 35.4 Å². The summed E-state index contributed by atoms with van der Waals surface area (Å²) in [6, 6.07) is 3.02. The van der Waals surface area contributed by atoms with Gasteiger partial charge in [0.1, 0.15) is 11.6 Å². The van der Waals surface area contributed by atoms with Crippen LogP contribution in [0.1, 0.15) is 23.2 Å². The lowest BCUT2D eigenvalue weighted by molar-refractivity contribution is 0.0838. The van der Waals surface area contributed by atoms with Gasteiger partial charge in [0.25, 0.3) is 0 Å². The first kappa shape index (κ1) is 14.1. The van der Waals surface area contributed by atoms with E-state index in [0.717, 1.165) is 37.8 Å². The molecular formula is C14H18F2N2O. The molecule has 0 bridgehead atoms. The second kappa shape index (κ2) is 6.21. The van der Waals surface area contributed by atoms with E-state index in [1.54, 1.807) is 0 Å². The molecule has 2 rings (SSSR count). The van der Waals surface area contributed by atoms with Crippen molar-refractivity contribution in [2.45, 2.75) is 12.8 Å². The molecular weight excluding hydrogens is 250 g/mol. The molecule has 104 valence electrons. The number of piperidine rings is 1. The molecule has 0 unspecified atom stereocenters. The third-order valence-corrected chi connectivity index (χ3v) is 3.60. The number of benzene rings is 1. The number of rotatable bonds is 4. The van der Waals surface area contributed by atoms with Crippen molar-refractivity contribution in [1.82, 2.24) is 4.90 Å². The van der Waals surface area contributed by atoms with Gasteiger partial charge in [0.05, 0.1) is 5.56 Å². The normalized spacial score (nSPS) is 17.6. The second-order valence-electron chi connectivity index (χ2n) is 4.89. The van der Waals surface area contributed by atoms with Crippen molar-refractivity contribution in [1.29, 1.82) is 0 Å². The van der Waals surface area contributed by atoms with E-state index in [1.165, 1.54) is 0 Å². The number of nitrogens with zero attached hydrogens (tertiary/aromatic N) is 1. The molecule has 0 radical (unpaired) electrons. The van der Waals surface area contributed by atoms with Crippen LogP contribution in [-0.2, 0) is 0 Å². The molecule has 1 aliphatic heterocycles. The fourth-order valence-electron chi connectivity index (χ4n) is 2.51. The Labute approximate surface area is 111 Å². The average molecular weight is 268 g/mol. The lowest BCUT2D eigenvalue weighted by atomic mass is 9.88. The van der Waals surface area contributed by atoms with E-state index in [0.29, 0.717) is 19.4 Å². The minimum absolute atomic E-state index is 0.128. The van der Waals surface area contributed by atoms with E-state index >= 15 is 0 Å². The Morgan fingerprint density at radius 2 is 2.00 bits per heavy atom. The second-order valence-corrected chi connectivity index (χ2v) is 4.89. The first-order chi connectivity index (χ1) is 9.11.